The molecule has 3 aliphatic heterocycles. The van der Waals surface area contributed by atoms with Crippen molar-refractivity contribution in [3.05, 3.63) is 42.3 Å². The quantitative estimate of drug-likeness (QED) is 0.372. The maximum Gasteiger partial charge on any atom is 0.449 e. The highest BCUT2D eigenvalue weighted by Gasteiger charge is 2.48. The molecule has 1 amide bonds. The van der Waals surface area contributed by atoms with E-state index in [2.05, 4.69) is 35.3 Å². The number of hydrogen-bond donors (Lipinski definition) is 3. The number of nitrogens with zero attached hydrogens (tertiary/aromatic N) is 8. The van der Waals surface area contributed by atoms with E-state index in [0.717, 1.165) is 48.2 Å². The number of amidine groups is 1. The molecule has 0 saturated carbocycles. The van der Waals surface area contributed by atoms with Crippen LogP contribution in [-0.4, -0.2) is 123 Å². The molecule has 230 valence electrons. The Bertz CT molecular complexity index is 1560. The molecule has 0 spiro atoms. The third-order valence-electron chi connectivity index (χ3n) is 8.75. The van der Waals surface area contributed by atoms with Crippen LogP contribution in [0.3, 0.4) is 0 Å². The Hall–Kier alpha value is -3.82. The van der Waals surface area contributed by atoms with E-state index in [1.165, 1.54) is 6.33 Å². The third-order valence-corrected chi connectivity index (χ3v) is 8.75. The molecule has 0 aliphatic carbocycles. The highest BCUT2D eigenvalue weighted by atomic mass is 19.4. The lowest BCUT2D eigenvalue weighted by Crippen LogP contribution is -2.69. The van der Waals surface area contributed by atoms with E-state index >= 15 is 0 Å². The molecule has 1 unspecified atom stereocenters. The number of H-pyrrole nitrogens is 1. The Morgan fingerprint density at radius 1 is 1.21 bits per heavy atom. The van der Waals surface area contributed by atoms with E-state index in [9.17, 15) is 18.0 Å². The zero-order valence-electron chi connectivity index (χ0n) is 24.4. The number of likely N-dealkylation sites (N-methyl/N-ethyl adjacent to an activating group) is 1. The Kier molecular flexibility index (Phi) is 7.50. The fraction of sp³-hybridized carbons (Fsp3) is 0.536. The normalized spacial score (nSPS) is 21.7. The maximum absolute atomic E-state index is 13.6. The highest BCUT2D eigenvalue weighted by molar-refractivity contribution is 5.96. The van der Waals surface area contributed by atoms with E-state index in [4.69, 9.17) is 5.73 Å². The van der Waals surface area contributed by atoms with Crippen LogP contribution in [0.1, 0.15) is 19.8 Å². The van der Waals surface area contributed by atoms with E-state index in [-0.39, 0.29) is 24.0 Å². The first-order valence-electron chi connectivity index (χ1n) is 14.3. The van der Waals surface area contributed by atoms with Crippen molar-refractivity contribution in [2.24, 2.45) is 10.7 Å². The zero-order chi connectivity index (χ0) is 30.5. The molecule has 3 aliphatic rings. The van der Waals surface area contributed by atoms with Gasteiger partial charge < -0.3 is 25.8 Å². The summed E-state index contributed by atoms with van der Waals surface area (Å²) in [7, 11) is 3.53. The first-order valence-corrected chi connectivity index (χ1v) is 14.3. The summed E-state index contributed by atoms with van der Waals surface area (Å²) in [5.41, 5.74) is 9.26. The Balaban J connectivity index is 1.10. The molecule has 2 fully saturated rings. The lowest BCUT2D eigenvalue weighted by Gasteiger charge is -2.54. The van der Waals surface area contributed by atoms with E-state index < -0.39 is 18.1 Å². The number of halogens is 3. The number of hydrogen-bond acceptors (Lipinski definition) is 9. The number of amides is 1. The summed E-state index contributed by atoms with van der Waals surface area (Å²) in [4.78, 5) is 34.9. The largest absolute Gasteiger partial charge is 0.449 e. The number of carbonyl (C=O) groups excluding carboxylic acids is 1. The predicted molar refractivity (Wildman–Crippen MR) is 155 cm³/mol. The summed E-state index contributed by atoms with van der Waals surface area (Å²) < 4.78 is 42.8. The number of likely N-dealkylation sites (tertiary alicyclic amines) is 2. The molecule has 43 heavy (non-hydrogen) atoms. The predicted octanol–water partition coefficient (Wildman–Crippen LogP) is 1.55. The second kappa shape index (κ2) is 11.0. The van der Waals surface area contributed by atoms with Crippen LogP contribution in [0.5, 0.6) is 0 Å². The molecule has 6 rings (SSSR count). The van der Waals surface area contributed by atoms with Crippen LogP contribution >= 0.6 is 0 Å². The number of carbonyl (C=O) groups is 1. The highest BCUT2D eigenvalue weighted by Crippen LogP contribution is 2.35. The van der Waals surface area contributed by atoms with Crippen molar-refractivity contribution in [1.29, 1.82) is 0 Å². The molecule has 12 nitrogen and oxygen atoms in total. The van der Waals surface area contributed by atoms with E-state index in [1.807, 2.05) is 23.1 Å². The summed E-state index contributed by atoms with van der Waals surface area (Å²) in [6.45, 7) is 4.69. The smallest absolute Gasteiger partial charge is 0.346 e. The number of fused-ring (bicyclic) bond motifs is 1. The fourth-order valence-corrected chi connectivity index (χ4v) is 6.30. The summed E-state index contributed by atoms with van der Waals surface area (Å²) in [5.74, 6) is -1.51. The molecule has 3 aromatic rings. The lowest BCUT2D eigenvalue weighted by atomic mass is 9.86. The average Bonchev–Trinajstić information content (AvgIpc) is 3.64. The van der Waals surface area contributed by atoms with Gasteiger partial charge in [0.2, 0.25) is 5.84 Å². The molecule has 4 N–H and O–H groups in total. The van der Waals surface area contributed by atoms with Crippen LogP contribution < -0.4 is 11.1 Å². The van der Waals surface area contributed by atoms with Crippen LogP contribution in [0.4, 0.5) is 13.2 Å². The van der Waals surface area contributed by atoms with Gasteiger partial charge in [-0.15, -0.1) is 0 Å². The molecule has 15 heteroatoms. The van der Waals surface area contributed by atoms with Crippen molar-refractivity contribution in [3.8, 4) is 11.3 Å². The number of nitrogens with two attached hydrogens (primary N) is 1. The molecule has 0 aromatic carbocycles. The number of rotatable bonds is 7. The van der Waals surface area contributed by atoms with E-state index in [0.29, 0.717) is 30.9 Å². The van der Waals surface area contributed by atoms with Gasteiger partial charge in [-0.1, -0.05) is 0 Å². The van der Waals surface area contributed by atoms with Gasteiger partial charge in [-0.05, 0) is 45.5 Å². The van der Waals surface area contributed by atoms with Gasteiger partial charge in [0.1, 0.15) is 17.5 Å². The number of aromatic nitrogens is 5. The van der Waals surface area contributed by atoms with Gasteiger partial charge >= 0.3 is 6.18 Å². The van der Waals surface area contributed by atoms with Crippen molar-refractivity contribution in [2.75, 3.05) is 53.4 Å². The number of nitrogens with one attached hydrogen (secondary N) is 2. The van der Waals surface area contributed by atoms with Crippen molar-refractivity contribution in [2.45, 2.75) is 43.6 Å². The van der Waals surface area contributed by atoms with Crippen LogP contribution in [0.2, 0.25) is 0 Å². The summed E-state index contributed by atoms with van der Waals surface area (Å²) >= 11 is 0. The minimum Gasteiger partial charge on any atom is -0.346 e. The van der Waals surface area contributed by atoms with Gasteiger partial charge in [-0.25, -0.2) is 15.0 Å². The fourth-order valence-electron chi connectivity index (χ4n) is 6.30. The molecule has 0 radical (unpaired) electrons. The number of aliphatic imine (C=N–C) groups is 1. The first-order chi connectivity index (χ1) is 20.5. The Morgan fingerprint density at radius 3 is 2.63 bits per heavy atom. The van der Waals surface area contributed by atoms with Gasteiger partial charge in [0, 0.05) is 74.4 Å². The van der Waals surface area contributed by atoms with Gasteiger partial charge in [-0.2, -0.15) is 18.3 Å². The molecule has 1 atom stereocenters. The van der Waals surface area contributed by atoms with Crippen LogP contribution in [0.15, 0.2) is 47.2 Å². The van der Waals surface area contributed by atoms with Gasteiger partial charge in [0.25, 0.3) is 5.91 Å². The van der Waals surface area contributed by atoms with Gasteiger partial charge in [0.15, 0.2) is 6.04 Å². The van der Waals surface area contributed by atoms with Crippen LogP contribution in [0, 0.1) is 0 Å². The molecular formula is C28H36F3N11O. The maximum atomic E-state index is 13.6. The third kappa shape index (κ3) is 5.40. The van der Waals surface area contributed by atoms with Crippen molar-refractivity contribution >= 4 is 22.8 Å². The van der Waals surface area contributed by atoms with Crippen LogP contribution in [-0.2, 0) is 10.3 Å². The Morgan fingerprint density at radius 2 is 1.95 bits per heavy atom. The summed E-state index contributed by atoms with van der Waals surface area (Å²) in [6, 6.07) is 0.994. The zero-order valence-corrected chi connectivity index (χ0v) is 24.4. The number of alkyl halides is 3. The average molecular weight is 600 g/mol. The van der Waals surface area contributed by atoms with E-state index in [1.54, 1.807) is 37.0 Å². The van der Waals surface area contributed by atoms with Gasteiger partial charge in [-0.3, -0.25) is 14.4 Å². The van der Waals surface area contributed by atoms with Crippen molar-refractivity contribution < 1.29 is 18.0 Å². The molecule has 3 aromatic heterocycles. The van der Waals surface area contributed by atoms with Crippen molar-refractivity contribution in [1.82, 2.24) is 44.7 Å². The number of aromatic amines is 1. The minimum absolute atomic E-state index is 0.239. The molecule has 6 heterocycles. The second-order valence-electron chi connectivity index (χ2n) is 11.9. The van der Waals surface area contributed by atoms with Crippen LogP contribution in [0.25, 0.3) is 22.3 Å². The Labute approximate surface area is 246 Å². The molecular weight excluding hydrogens is 563 g/mol. The second-order valence-corrected chi connectivity index (χ2v) is 11.9. The SMILES string of the molecule is CC1=C(CN(C)C)NC(C(F)(F)F)=NC1C(=O)N1CCC(N2CC(CN)(n3cc(-c4ncnc5[nH]ccc45)cn3)C2)CC1. The minimum atomic E-state index is -4.67. The monoisotopic (exact) mass is 599 g/mol. The van der Waals surface area contributed by atoms with Crippen molar-refractivity contribution in [3.63, 3.8) is 0 Å². The summed E-state index contributed by atoms with van der Waals surface area (Å²) in [6.07, 6.45) is 3.91. The lowest BCUT2D eigenvalue weighted by molar-refractivity contribution is -0.134. The topological polar surface area (TPSA) is 137 Å². The molecule has 0 bridgehead atoms. The van der Waals surface area contributed by atoms with Gasteiger partial charge in [0.05, 0.1) is 11.9 Å². The first kappa shape index (κ1) is 29.3. The molecule has 2 saturated heterocycles. The summed E-state index contributed by atoms with van der Waals surface area (Å²) in [5, 5.41) is 7.98. The standard InChI is InChI=1S/C28H36F3N11O/c1-17-21(12-39(2)3)37-26(28(29,30)31)38-22(17)25(43)40-8-5-19(6-9-40)41-14-27(13-32,15-41)42-11-18(10-36-42)23-20-4-7-33-24(20)35-16-34-23/h4,7,10-11,16,19,22H,5-6,8-9,12-15,32H2,1-3H3,(H,37,38)(H,33,34,35). The number of piperidine rings is 1.